The SMILES string of the molecule is O=C(Cl)CCCBr.c1cc[nH]c1. The van der Waals surface area contributed by atoms with Gasteiger partial charge < -0.3 is 4.98 Å². The zero-order valence-corrected chi connectivity index (χ0v) is 8.94. The van der Waals surface area contributed by atoms with Crippen LogP contribution in [0.4, 0.5) is 0 Å². The number of hydrogen-bond acceptors (Lipinski definition) is 1. The summed E-state index contributed by atoms with van der Waals surface area (Å²) in [6, 6.07) is 3.89. The van der Waals surface area contributed by atoms with Crippen molar-refractivity contribution in [2.75, 3.05) is 5.33 Å². The van der Waals surface area contributed by atoms with E-state index in [1.807, 2.05) is 24.5 Å². The largest absolute Gasteiger partial charge is 0.368 e. The molecule has 0 atom stereocenters. The Hall–Kier alpha value is -0.280. The van der Waals surface area contributed by atoms with Crippen LogP contribution >= 0.6 is 27.5 Å². The molecule has 12 heavy (non-hydrogen) atoms. The van der Waals surface area contributed by atoms with Crippen molar-refractivity contribution in [2.45, 2.75) is 12.8 Å². The number of rotatable bonds is 3. The summed E-state index contributed by atoms with van der Waals surface area (Å²) in [4.78, 5) is 12.8. The minimum Gasteiger partial charge on any atom is -0.368 e. The number of alkyl halides is 1. The molecule has 0 bridgehead atoms. The number of halogens is 2. The lowest BCUT2D eigenvalue weighted by molar-refractivity contribution is -0.111. The van der Waals surface area contributed by atoms with Crippen LogP contribution in [0, 0.1) is 0 Å². The highest BCUT2D eigenvalue weighted by atomic mass is 79.9. The molecule has 0 spiro atoms. The molecule has 4 heteroatoms. The van der Waals surface area contributed by atoms with Gasteiger partial charge in [0.25, 0.3) is 0 Å². The van der Waals surface area contributed by atoms with Crippen LogP contribution in [0.3, 0.4) is 0 Å². The van der Waals surface area contributed by atoms with E-state index in [1.54, 1.807) is 0 Å². The maximum atomic E-state index is 9.95. The minimum absolute atomic E-state index is 0.251. The minimum atomic E-state index is -0.251. The van der Waals surface area contributed by atoms with Crippen LogP contribution in [0.25, 0.3) is 0 Å². The first-order valence-corrected chi connectivity index (χ1v) is 5.09. The van der Waals surface area contributed by atoms with E-state index < -0.39 is 0 Å². The van der Waals surface area contributed by atoms with Gasteiger partial charge in [-0.15, -0.1) is 0 Å². The monoisotopic (exact) mass is 251 g/mol. The molecular formula is C8H11BrClNO. The smallest absolute Gasteiger partial charge is 0.221 e. The van der Waals surface area contributed by atoms with E-state index in [-0.39, 0.29) is 5.24 Å². The summed E-state index contributed by atoms with van der Waals surface area (Å²) in [5.41, 5.74) is 0. The molecule has 2 nitrogen and oxygen atoms in total. The van der Waals surface area contributed by atoms with Gasteiger partial charge >= 0.3 is 0 Å². The normalized spacial score (nSPS) is 8.50. The number of H-pyrrole nitrogens is 1. The fraction of sp³-hybridized carbons (Fsp3) is 0.375. The third-order valence-corrected chi connectivity index (χ3v) is 1.75. The number of carbonyl (C=O) groups excluding carboxylic acids is 1. The Bertz CT molecular complexity index is 172. The molecule has 0 aliphatic rings. The molecule has 0 aromatic carbocycles. The van der Waals surface area contributed by atoms with E-state index in [9.17, 15) is 4.79 Å². The van der Waals surface area contributed by atoms with Gasteiger partial charge in [-0.2, -0.15) is 0 Å². The van der Waals surface area contributed by atoms with Gasteiger partial charge in [-0.1, -0.05) is 15.9 Å². The molecule has 1 N–H and O–H groups in total. The lowest BCUT2D eigenvalue weighted by Crippen LogP contribution is -1.84. The molecule has 0 fully saturated rings. The van der Waals surface area contributed by atoms with Gasteiger partial charge in [-0.05, 0) is 30.2 Å². The fourth-order valence-corrected chi connectivity index (χ4v) is 0.898. The van der Waals surface area contributed by atoms with Crippen molar-refractivity contribution in [2.24, 2.45) is 0 Å². The Balaban J connectivity index is 0.000000211. The zero-order chi connectivity index (χ0) is 9.23. The van der Waals surface area contributed by atoms with Gasteiger partial charge in [0.15, 0.2) is 0 Å². The van der Waals surface area contributed by atoms with Crippen molar-refractivity contribution in [3.63, 3.8) is 0 Å². The summed E-state index contributed by atoms with van der Waals surface area (Å²) in [6.07, 6.45) is 5.06. The Morgan fingerprint density at radius 2 is 2.00 bits per heavy atom. The zero-order valence-electron chi connectivity index (χ0n) is 6.59. The van der Waals surface area contributed by atoms with Gasteiger partial charge in [0.2, 0.25) is 5.24 Å². The Morgan fingerprint density at radius 1 is 1.42 bits per heavy atom. The third kappa shape index (κ3) is 9.72. The lowest BCUT2D eigenvalue weighted by atomic mass is 10.4. The highest BCUT2D eigenvalue weighted by molar-refractivity contribution is 9.09. The molecule has 0 aliphatic heterocycles. The van der Waals surface area contributed by atoms with Crippen LogP contribution < -0.4 is 0 Å². The summed E-state index contributed by atoms with van der Waals surface area (Å²) in [7, 11) is 0. The molecule has 1 aromatic heterocycles. The van der Waals surface area contributed by atoms with Gasteiger partial charge in [0.05, 0.1) is 0 Å². The highest BCUT2D eigenvalue weighted by Gasteiger charge is 1.91. The maximum absolute atomic E-state index is 9.95. The van der Waals surface area contributed by atoms with Crippen LogP contribution in [0.5, 0.6) is 0 Å². The van der Waals surface area contributed by atoms with E-state index >= 15 is 0 Å². The van der Waals surface area contributed by atoms with Crippen LogP contribution in [-0.2, 0) is 4.79 Å². The quantitative estimate of drug-likeness (QED) is 0.651. The molecule has 1 aromatic rings. The predicted molar refractivity (Wildman–Crippen MR) is 54.7 cm³/mol. The summed E-state index contributed by atoms with van der Waals surface area (Å²) in [5.74, 6) is 0. The molecule has 68 valence electrons. The van der Waals surface area contributed by atoms with Gasteiger partial charge in [0.1, 0.15) is 0 Å². The number of aromatic amines is 1. The molecule has 0 amide bonds. The summed E-state index contributed by atoms with van der Waals surface area (Å²) in [5, 5.41) is 0.602. The molecular weight excluding hydrogens is 241 g/mol. The molecule has 0 saturated heterocycles. The molecule has 0 aliphatic carbocycles. The number of nitrogens with one attached hydrogen (secondary N) is 1. The Labute approximate surface area is 85.4 Å². The molecule has 1 heterocycles. The number of carbonyl (C=O) groups is 1. The second kappa shape index (κ2) is 8.81. The first-order chi connectivity index (χ1) is 5.77. The van der Waals surface area contributed by atoms with Crippen molar-refractivity contribution < 1.29 is 4.79 Å². The van der Waals surface area contributed by atoms with Crippen molar-refractivity contribution in [1.29, 1.82) is 0 Å². The van der Waals surface area contributed by atoms with Crippen molar-refractivity contribution in [3.05, 3.63) is 24.5 Å². The predicted octanol–water partition coefficient (Wildman–Crippen LogP) is 2.94. The maximum Gasteiger partial charge on any atom is 0.221 e. The fourth-order valence-electron chi connectivity index (χ4n) is 0.484. The van der Waals surface area contributed by atoms with Crippen LogP contribution in [-0.4, -0.2) is 15.6 Å². The lowest BCUT2D eigenvalue weighted by Gasteiger charge is -1.83. The molecule has 0 radical (unpaired) electrons. The molecule has 0 unspecified atom stereocenters. The first-order valence-electron chi connectivity index (χ1n) is 3.59. The van der Waals surface area contributed by atoms with E-state index in [0.29, 0.717) is 6.42 Å². The third-order valence-electron chi connectivity index (χ3n) is 1.00. The second-order valence-electron chi connectivity index (χ2n) is 2.03. The van der Waals surface area contributed by atoms with E-state index in [4.69, 9.17) is 11.6 Å². The van der Waals surface area contributed by atoms with E-state index in [2.05, 4.69) is 20.9 Å². The standard InChI is InChI=1S/C4H6BrClO.C4H5N/c5-3-1-2-4(6)7;1-2-4-5-3-1/h1-3H2;1-5H. The van der Waals surface area contributed by atoms with E-state index in [0.717, 1.165) is 11.8 Å². The summed E-state index contributed by atoms with van der Waals surface area (Å²) in [6.45, 7) is 0. The molecule has 0 saturated carbocycles. The average molecular weight is 253 g/mol. The number of aromatic nitrogens is 1. The highest BCUT2D eigenvalue weighted by Crippen LogP contribution is 1.96. The van der Waals surface area contributed by atoms with Crippen molar-refractivity contribution in [1.82, 2.24) is 4.98 Å². The number of hydrogen-bond donors (Lipinski definition) is 1. The van der Waals surface area contributed by atoms with Crippen LogP contribution in [0.2, 0.25) is 0 Å². The van der Waals surface area contributed by atoms with Crippen LogP contribution in [0.1, 0.15) is 12.8 Å². The second-order valence-corrected chi connectivity index (χ2v) is 3.25. The van der Waals surface area contributed by atoms with Gasteiger partial charge in [-0.3, -0.25) is 4.79 Å². The van der Waals surface area contributed by atoms with Gasteiger partial charge in [-0.25, -0.2) is 0 Å². The van der Waals surface area contributed by atoms with Crippen molar-refractivity contribution >= 4 is 32.8 Å². The van der Waals surface area contributed by atoms with Crippen LogP contribution in [0.15, 0.2) is 24.5 Å². The summed E-state index contributed by atoms with van der Waals surface area (Å²) >= 11 is 8.16. The van der Waals surface area contributed by atoms with E-state index in [1.165, 1.54) is 0 Å². The summed E-state index contributed by atoms with van der Waals surface area (Å²) < 4.78 is 0. The first kappa shape index (κ1) is 11.7. The topological polar surface area (TPSA) is 32.9 Å². The van der Waals surface area contributed by atoms with Gasteiger partial charge in [0, 0.05) is 24.1 Å². The Morgan fingerprint density at radius 3 is 2.17 bits per heavy atom. The average Bonchev–Trinajstić information content (AvgIpc) is 2.57. The Kier molecular flexibility index (Phi) is 8.61. The van der Waals surface area contributed by atoms with Crippen molar-refractivity contribution in [3.8, 4) is 0 Å². The molecule has 1 rings (SSSR count).